The van der Waals surface area contributed by atoms with Crippen molar-refractivity contribution < 1.29 is 26.4 Å². The summed E-state index contributed by atoms with van der Waals surface area (Å²) in [6.45, 7) is 1.79. The Morgan fingerprint density at radius 3 is 2.21 bits per heavy atom. The summed E-state index contributed by atoms with van der Waals surface area (Å²) in [4.78, 5) is 0. The molecule has 1 aromatic carbocycles. The van der Waals surface area contributed by atoms with Gasteiger partial charge in [0.2, 0.25) is 0 Å². The third kappa shape index (κ3) is 4.94. The molecule has 1 rings (SSSR count). The quantitative estimate of drug-likeness (QED) is 0.571. The zero-order valence-corrected chi connectivity index (χ0v) is 12.2. The Hall–Kier alpha value is -0.893. The molecule has 7 heteroatoms. The molecule has 1 atom stereocenters. The van der Waals surface area contributed by atoms with Gasteiger partial charge in [0.05, 0.1) is 0 Å². The second-order valence-corrected chi connectivity index (χ2v) is 5.90. The van der Waals surface area contributed by atoms with Crippen molar-refractivity contribution in [1.29, 1.82) is 0 Å². The summed E-state index contributed by atoms with van der Waals surface area (Å²) in [6.07, 6.45) is 0.487. The third-order valence-electron chi connectivity index (χ3n) is 2.64. The lowest BCUT2D eigenvalue weighted by molar-refractivity contribution is 0.0907. The van der Waals surface area contributed by atoms with E-state index in [1.165, 1.54) is 14.2 Å². The predicted molar refractivity (Wildman–Crippen MR) is 66.4 cm³/mol. The number of benzene rings is 1. The fourth-order valence-corrected chi connectivity index (χ4v) is 2.51. The van der Waals surface area contributed by atoms with Gasteiger partial charge in [-0.3, -0.25) is 0 Å². The van der Waals surface area contributed by atoms with Crippen LogP contribution in [0.3, 0.4) is 0 Å². The Kier molecular flexibility index (Phi) is 6.50. The largest absolute Gasteiger partial charge is 0.483 e. The van der Waals surface area contributed by atoms with Gasteiger partial charge < -0.3 is 13.3 Å². The van der Waals surface area contributed by atoms with Crippen molar-refractivity contribution in [3.8, 4) is 0 Å². The van der Waals surface area contributed by atoms with Gasteiger partial charge in [-0.05, 0) is 31.4 Å². The van der Waals surface area contributed by atoms with E-state index in [1.807, 2.05) is 0 Å². The molecule has 1 unspecified atom stereocenters. The molecule has 0 fully saturated rings. The Morgan fingerprint density at radius 1 is 1.05 bits per heavy atom. The summed E-state index contributed by atoms with van der Waals surface area (Å²) < 4.78 is 54.6. The summed E-state index contributed by atoms with van der Waals surface area (Å²) in [7, 11) is 0.843. The van der Waals surface area contributed by atoms with Crippen molar-refractivity contribution in [1.82, 2.24) is 0 Å². The Bertz CT molecular complexity index is 413. The van der Waals surface area contributed by atoms with E-state index in [1.54, 1.807) is 6.92 Å². The zero-order chi connectivity index (χ0) is 14.4. The van der Waals surface area contributed by atoms with E-state index < -0.39 is 27.0 Å². The standard InChI is InChI=1S/C12H17F3O3Si/c1-8(18-19(16-2)17-3)4-5-9-6-11(14)12(15)7-10(9)13/h6-8,19H,4-5H2,1-3H3. The van der Waals surface area contributed by atoms with Crippen molar-refractivity contribution in [2.24, 2.45) is 0 Å². The number of hydrogen-bond donors (Lipinski definition) is 0. The van der Waals surface area contributed by atoms with E-state index in [2.05, 4.69) is 0 Å². The topological polar surface area (TPSA) is 27.7 Å². The number of rotatable bonds is 7. The molecule has 0 N–H and O–H groups in total. The highest BCUT2D eigenvalue weighted by Gasteiger charge is 2.17. The molecule has 108 valence electrons. The molecular weight excluding hydrogens is 277 g/mol. The Morgan fingerprint density at radius 2 is 1.63 bits per heavy atom. The summed E-state index contributed by atoms with van der Waals surface area (Å²) in [5.74, 6) is -2.99. The first kappa shape index (κ1) is 16.2. The third-order valence-corrected chi connectivity index (χ3v) is 4.09. The van der Waals surface area contributed by atoms with Gasteiger partial charge in [-0.25, -0.2) is 13.2 Å². The minimum absolute atomic E-state index is 0.127. The minimum Gasteiger partial charge on any atom is -0.379 e. The highest BCUT2D eigenvalue weighted by atomic mass is 28.3. The smallest absolute Gasteiger partial charge is 0.379 e. The zero-order valence-electron chi connectivity index (χ0n) is 11.1. The van der Waals surface area contributed by atoms with Gasteiger partial charge >= 0.3 is 9.53 Å². The second-order valence-electron chi connectivity index (χ2n) is 4.10. The predicted octanol–water partition coefficient (Wildman–Crippen LogP) is 2.45. The molecule has 19 heavy (non-hydrogen) atoms. The highest BCUT2D eigenvalue weighted by molar-refractivity contribution is 6.36. The second kappa shape index (κ2) is 7.64. The molecule has 0 spiro atoms. The minimum atomic E-state index is -2.13. The van der Waals surface area contributed by atoms with Crippen LogP contribution in [0, 0.1) is 17.5 Å². The van der Waals surface area contributed by atoms with Crippen LogP contribution in [0.15, 0.2) is 12.1 Å². The fourth-order valence-electron chi connectivity index (χ4n) is 1.58. The van der Waals surface area contributed by atoms with Crippen LogP contribution in [0.1, 0.15) is 18.9 Å². The lowest BCUT2D eigenvalue weighted by Gasteiger charge is -2.18. The molecule has 0 amide bonds. The molecule has 0 aliphatic heterocycles. The van der Waals surface area contributed by atoms with E-state index >= 15 is 0 Å². The van der Waals surface area contributed by atoms with Gasteiger partial charge in [-0.1, -0.05) is 0 Å². The molecule has 0 heterocycles. The summed E-state index contributed by atoms with van der Waals surface area (Å²) in [6, 6.07) is 1.43. The van der Waals surface area contributed by atoms with Crippen molar-refractivity contribution >= 4 is 9.53 Å². The first-order valence-electron chi connectivity index (χ1n) is 5.82. The number of hydrogen-bond acceptors (Lipinski definition) is 3. The van der Waals surface area contributed by atoms with Crippen molar-refractivity contribution in [3.05, 3.63) is 35.1 Å². The normalized spacial score (nSPS) is 13.0. The van der Waals surface area contributed by atoms with Crippen molar-refractivity contribution in [2.45, 2.75) is 25.9 Å². The first-order valence-corrected chi connectivity index (χ1v) is 7.23. The van der Waals surface area contributed by atoms with E-state index in [4.69, 9.17) is 13.3 Å². The average molecular weight is 294 g/mol. The van der Waals surface area contributed by atoms with E-state index in [0.717, 1.165) is 6.07 Å². The Balaban J connectivity index is 2.55. The van der Waals surface area contributed by atoms with Gasteiger partial charge in [0.25, 0.3) is 0 Å². The van der Waals surface area contributed by atoms with Crippen molar-refractivity contribution in [3.63, 3.8) is 0 Å². The lowest BCUT2D eigenvalue weighted by atomic mass is 10.1. The van der Waals surface area contributed by atoms with Crippen LogP contribution in [-0.2, 0) is 19.7 Å². The lowest BCUT2D eigenvalue weighted by Crippen LogP contribution is -2.29. The fraction of sp³-hybridized carbons (Fsp3) is 0.500. The van der Waals surface area contributed by atoms with Crippen LogP contribution in [0.25, 0.3) is 0 Å². The van der Waals surface area contributed by atoms with Crippen LogP contribution >= 0.6 is 0 Å². The molecule has 3 nitrogen and oxygen atoms in total. The van der Waals surface area contributed by atoms with Gasteiger partial charge in [0.1, 0.15) is 5.82 Å². The van der Waals surface area contributed by atoms with Gasteiger partial charge in [0.15, 0.2) is 11.6 Å². The van der Waals surface area contributed by atoms with E-state index in [0.29, 0.717) is 12.5 Å². The maximum Gasteiger partial charge on any atom is 0.483 e. The molecular formula is C12H17F3O3Si. The summed E-state index contributed by atoms with van der Waals surface area (Å²) >= 11 is 0. The molecule has 0 saturated heterocycles. The maximum absolute atomic E-state index is 13.4. The molecule has 0 aliphatic carbocycles. The van der Waals surface area contributed by atoms with Crippen LogP contribution in [0.4, 0.5) is 13.2 Å². The molecule has 0 bridgehead atoms. The molecule has 0 radical (unpaired) electrons. The van der Waals surface area contributed by atoms with Gasteiger partial charge in [-0.15, -0.1) is 0 Å². The molecule has 0 aliphatic rings. The van der Waals surface area contributed by atoms with Crippen LogP contribution in [0.2, 0.25) is 0 Å². The number of halogens is 3. The summed E-state index contributed by atoms with van der Waals surface area (Å²) in [5, 5.41) is 0. The van der Waals surface area contributed by atoms with Crippen LogP contribution < -0.4 is 0 Å². The Labute approximate surface area is 112 Å². The first-order chi connectivity index (χ1) is 8.97. The van der Waals surface area contributed by atoms with Gasteiger partial charge in [0, 0.05) is 26.4 Å². The number of aryl methyl sites for hydroxylation is 1. The maximum atomic E-state index is 13.4. The highest BCUT2D eigenvalue weighted by Crippen LogP contribution is 2.16. The average Bonchev–Trinajstić information content (AvgIpc) is 2.38. The summed E-state index contributed by atoms with van der Waals surface area (Å²) in [5.41, 5.74) is 0.127. The molecule has 0 saturated carbocycles. The SMILES string of the molecule is CO[SiH](OC)OC(C)CCc1cc(F)c(F)cc1F. The van der Waals surface area contributed by atoms with E-state index in [-0.39, 0.29) is 18.1 Å². The van der Waals surface area contributed by atoms with Crippen LogP contribution in [0.5, 0.6) is 0 Å². The molecule has 0 aromatic heterocycles. The van der Waals surface area contributed by atoms with Crippen LogP contribution in [-0.4, -0.2) is 29.9 Å². The molecule has 1 aromatic rings. The monoisotopic (exact) mass is 294 g/mol. The van der Waals surface area contributed by atoms with Gasteiger partial charge in [-0.2, -0.15) is 0 Å². The van der Waals surface area contributed by atoms with E-state index in [9.17, 15) is 13.2 Å². The van der Waals surface area contributed by atoms with Crippen molar-refractivity contribution in [2.75, 3.05) is 14.2 Å².